The van der Waals surface area contributed by atoms with Crippen LogP contribution in [0.25, 0.3) is 6.08 Å². The van der Waals surface area contributed by atoms with Crippen molar-refractivity contribution in [2.45, 2.75) is 46.1 Å². The molecule has 3 rings (SSSR count). The number of amides is 1. The van der Waals surface area contributed by atoms with Crippen molar-refractivity contribution >= 4 is 23.6 Å². The van der Waals surface area contributed by atoms with Crippen LogP contribution in [-0.4, -0.2) is 23.0 Å². The maximum atomic E-state index is 13.0. The van der Waals surface area contributed by atoms with Gasteiger partial charge in [-0.05, 0) is 54.2 Å². The first-order chi connectivity index (χ1) is 13.1. The molecule has 0 aliphatic carbocycles. The number of carboxylic acid groups (broad SMARTS) is 1. The summed E-state index contributed by atoms with van der Waals surface area (Å²) >= 11 is 0. The zero-order valence-corrected chi connectivity index (χ0v) is 16.8. The van der Waals surface area contributed by atoms with E-state index in [4.69, 9.17) is 4.74 Å². The Labute approximate surface area is 165 Å². The van der Waals surface area contributed by atoms with E-state index in [0.717, 1.165) is 11.1 Å². The molecule has 2 aromatic rings. The van der Waals surface area contributed by atoms with E-state index in [1.807, 2.05) is 37.3 Å². The molecule has 0 saturated heterocycles. The van der Waals surface area contributed by atoms with Gasteiger partial charge in [0.1, 0.15) is 6.04 Å². The van der Waals surface area contributed by atoms with Gasteiger partial charge in [-0.3, -0.25) is 9.69 Å². The van der Waals surface area contributed by atoms with E-state index in [9.17, 15) is 14.7 Å². The molecule has 0 radical (unpaired) electrons. The minimum absolute atomic E-state index is 0.0351. The van der Waals surface area contributed by atoms with Gasteiger partial charge in [-0.25, -0.2) is 4.79 Å². The molecule has 0 saturated carbocycles. The molecule has 1 aliphatic rings. The number of hydrogen-bond donors (Lipinski definition) is 1. The summed E-state index contributed by atoms with van der Waals surface area (Å²) in [4.78, 5) is 25.9. The van der Waals surface area contributed by atoms with Gasteiger partial charge in [-0.15, -0.1) is 0 Å². The van der Waals surface area contributed by atoms with E-state index in [0.29, 0.717) is 11.4 Å². The fraction of sp³-hybridized carbons (Fsp3) is 0.304. The third kappa shape index (κ3) is 3.79. The Hall–Kier alpha value is -3.08. The van der Waals surface area contributed by atoms with Gasteiger partial charge in [0.05, 0.1) is 5.69 Å². The highest BCUT2D eigenvalue weighted by Crippen LogP contribution is 2.38. The lowest BCUT2D eigenvalue weighted by atomic mass is 9.87. The lowest BCUT2D eigenvalue weighted by Gasteiger charge is -2.33. The first-order valence-electron chi connectivity index (χ1n) is 9.25. The van der Waals surface area contributed by atoms with E-state index >= 15 is 0 Å². The number of ether oxygens (including phenoxy) is 1. The summed E-state index contributed by atoms with van der Waals surface area (Å²) < 4.78 is 5.84. The van der Waals surface area contributed by atoms with E-state index < -0.39 is 17.9 Å². The van der Waals surface area contributed by atoms with Crippen LogP contribution >= 0.6 is 0 Å². The third-order valence-corrected chi connectivity index (χ3v) is 4.84. The van der Waals surface area contributed by atoms with Crippen molar-refractivity contribution in [1.82, 2.24) is 0 Å². The largest absolute Gasteiger partial charge is 0.480 e. The molecule has 1 aliphatic heterocycles. The van der Waals surface area contributed by atoms with Gasteiger partial charge in [0, 0.05) is 0 Å². The lowest BCUT2D eigenvalue weighted by molar-refractivity contribution is -0.139. The summed E-state index contributed by atoms with van der Waals surface area (Å²) in [7, 11) is 0. The molecule has 5 nitrogen and oxygen atoms in total. The number of nitrogens with zero attached hydrogens (tertiary/aromatic N) is 1. The Morgan fingerprint density at radius 3 is 2.36 bits per heavy atom. The maximum Gasteiger partial charge on any atom is 0.326 e. The fourth-order valence-electron chi connectivity index (χ4n) is 3.11. The molecule has 146 valence electrons. The number of aryl methyl sites for hydroxylation is 1. The van der Waals surface area contributed by atoms with Gasteiger partial charge in [0.25, 0.3) is 5.91 Å². The summed E-state index contributed by atoms with van der Waals surface area (Å²) in [5.41, 5.74) is 3.43. The third-order valence-electron chi connectivity index (χ3n) is 4.84. The van der Waals surface area contributed by atoms with Gasteiger partial charge >= 0.3 is 5.97 Å². The number of fused-ring (bicyclic) bond motifs is 1. The van der Waals surface area contributed by atoms with Crippen LogP contribution in [0.15, 0.2) is 48.2 Å². The topological polar surface area (TPSA) is 66.8 Å². The van der Waals surface area contributed by atoms with Crippen LogP contribution in [0.4, 0.5) is 5.69 Å². The molecular weight excluding hydrogens is 354 g/mol. The van der Waals surface area contributed by atoms with Gasteiger partial charge in [-0.1, -0.05) is 51.1 Å². The Kier molecular flexibility index (Phi) is 5.02. The van der Waals surface area contributed by atoms with Crippen molar-refractivity contribution in [3.8, 4) is 5.75 Å². The average Bonchev–Trinajstić information content (AvgIpc) is 2.62. The summed E-state index contributed by atoms with van der Waals surface area (Å²) in [6.07, 6.45) is 1.65. The van der Waals surface area contributed by atoms with Crippen molar-refractivity contribution in [3.63, 3.8) is 0 Å². The predicted octanol–water partition coefficient (Wildman–Crippen LogP) is 4.53. The van der Waals surface area contributed by atoms with Crippen molar-refractivity contribution < 1.29 is 19.4 Å². The second kappa shape index (κ2) is 7.15. The number of aliphatic carboxylic acids is 1. The number of rotatable bonds is 3. The molecule has 2 aromatic carbocycles. The van der Waals surface area contributed by atoms with Crippen LogP contribution in [0.3, 0.4) is 0 Å². The molecule has 1 amide bonds. The van der Waals surface area contributed by atoms with Crippen LogP contribution in [-0.2, 0) is 15.0 Å². The van der Waals surface area contributed by atoms with Crippen LogP contribution in [0.1, 0.15) is 44.4 Å². The molecule has 1 atom stereocenters. The smallest absolute Gasteiger partial charge is 0.326 e. The maximum absolute atomic E-state index is 13.0. The summed E-state index contributed by atoms with van der Waals surface area (Å²) in [5.74, 6) is -0.965. The number of carbonyl (C=O) groups excluding carboxylic acids is 1. The summed E-state index contributed by atoms with van der Waals surface area (Å²) in [6.45, 7) is 9.79. The van der Waals surface area contributed by atoms with Crippen LogP contribution in [0.2, 0.25) is 0 Å². The molecule has 1 N–H and O–H groups in total. The Morgan fingerprint density at radius 1 is 1.14 bits per heavy atom. The van der Waals surface area contributed by atoms with Crippen LogP contribution < -0.4 is 9.64 Å². The molecule has 1 unspecified atom stereocenters. The quantitative estimate of drug-likeness (QED) is 0.796. The van der Waals surface area contributed by atoms with Crippen molar-refractivity contribution in [2.24, 2.45) is 0 Å². The molecule has 0 spiro atoms. The number of carboxylic acids is 1. The molecular formula is C23H25NO4. The molecule has 1 heterocycles. The number of carbonyl (C=O) groups is 2. The first-order valence-corrected chi connectivity index (χ1v) is 9.25. The highest BCUT2D eigenvalue weighted by molar-refractivity contribution is 6.12. The van der Waals surface area contributed by atoms with Gasteiger partial charge in [0.2, 0.25) is 0 Å². The molecule has 5 heteroatoms. The summed E-state index contributed by atoms with van der Waals surface area (Å²) in [5, 5.41) is 9.48. The zero-order chi connectivity index (χ0) is 20.6. The zero-order valence-electron chi connectivity index (χ0n) is 16.8. The van der Waals surface area contributed by atoms with Gasteiger partial charge < -0.3 is 9.84 Å². The first kappa shape index (κ1) is 19.7. The van der Waals surface area contributed by atoms with Crippen molar-refractivity contribution in [3.05, 3.63) is 64.9 Å². The fourth-order valence-corrected chi connectivity index (χ4v) is 3.11. The normalized spacial score (nSPS) is 16.5. The Morgan fingerprint density at radius 2 is 1.79 bits per heavy atom. The van der Waals surface area contributed by atoms with E-state index in [1.165, 1.54) is 17.4 Å². The Bertz CT molecular complexity index is 952. The van der Waals surface area contributed by atoms with Gasteiger partial charge in [-0.2, -0.15) is 0 Å². The molecule has 0 aromatic heterocycles. The number of anilines is 1. The van der Waals surface area contributed by atoms with Gasteiger partial charge in [0.15, 0.2) is 11.5 Å². The Balaban J connectivity index is 2.03. The van der Waals surface area contributed by atoms with E-state index in [1.54, 1.807) is 18.2 Å². The summed E-state index contributed by atoms with van der Waals surface area (Å²) in [6, 6.07) is 12.3. The minimum Gasteiger partial charge on any atom is -0.480 e. The number of benzene rings is 2. The van der Waals surface area contributed by atoms with Crippen LogP contribution in [0, 0.1) is 6.92 Å². The highest BCUT2D eigenvalue weighted by Gasteiger charge is 2.36. The van der Waals surface area contributed by atoms with E-state index in [-0.39, 0.29) is 11.2 Å². The molecule has 28 heavy (non-hydrogen) atoms. The molecule has 0 bridgehead atoms. The van der Waals surface area contributed by atoms with E-state index in [2.05, 4.69) is 20.8 Å². The predicted molar refractivity (Wildman–Crippen MR) is 110 cm³/mol. The van der Waals surface area contributed by atoms with Crippen molar-refractivity contribution in [2.75, 3.05) is 4.90 Å². The second-order valence-electron chi connectivity index (χ2n) is 8.14. The SMILES string of the molecule is Cc1ccc2c(c1)N(C(C)C(=O)O)C(=O)/C(=C\c1ccc(C(C)(C)C)cc1)O2. The van der Waals surface area contributed by atoms with Crippen molar-refractivity contribution in [1.29, 1.82) is 0 Å². The average molecular weight is 379 g/mol. The standard InChI is InChI=1S/C23H25NO4/c1-14-6-11-19-18(12-14)24(15(2)22(26)27)21(25)20(28-19)13-16-7-9-17(10-8-16)23(3,4)5/h6-13,15H,1-5H3,(H,26,27)/b20-13+. The second-order valence-corrected chi connectivity index (χ2v) is 8.14. The van der Waals surface area contributed by atoms with Crippen LogP contribution in [0.5, 0.6) is 5.75 Å². The minimum atomic E-state index is -1.07. The highest BCUT2D eigenvalue weighted by atomic mass is 16.5. The number of hydrogen-bond acceptors (Lipinski definition) is 3. The monoisotopic (exact) mass is 379 g/mol. The lowest BCUT2D eigenvalue weighted by Crippen LogP contribution is -2.47. The molecule has 0 fully saturated rings.